The molecule has 2 rings (SSSR count). The van der Waals surface area contributed by atoms with Gasteiger partial charge in [-0.05, 0) is 23.3 Å². The number of unbranched alkanes of at least 4 members (excludes halogenated alkanes) is 8. The molecule has 2 aromatic rings. The normalized spacial score (nSPS) is 12.4. The van der Waals surface area contributed by atoms with Crippen molar-refractivity contribution >= 4 is 16.7 Å². The zero-order valence-corrected chi connectivity index (χ0v) is 16.0. The van der Waals surface area contributed by atoms with Gasteiger partial charge >= 0.3 is 0 Å². The first kappa shape index (κ1) is 20.4. The first-order valence-electron chi connectivity index (χ1n) is 10.1. The van der Waals surface area contributed by atoms with Crippen LogP contribution in [0.5, 0.6) is 0 Å². The third kappa shape index (κ3) is 5.84. The van der Waals surface area contributed by atoms with Crippen LogP contribution >= 0.6 is 0 Å². The molecule has 0 radical (unpaired) electrons. The topological polar surface area (TPSA) is 63.3 Å². The van der Waals surface area contributed by atoms with Gasteiger partial charge in [-0.25, -0.2) is 0 Å². The fourth-order valence-corrected chi connectivity index (χ4v) is 3.66. The Hall–Kier alpha value is -1.87. The number of fused-ring (bicyclic) bond motifs is 1. The van der Waals surface area contributed by atoms with Crippen LogP contribution in [0, 0.1) is 0 Å². The average Bonchev–Trinajstić information content (AvgIpc) is 2.65. The Labute approximate surface area is 157 Å². The summed E-state index contributed by atoms with van der Waals surface area (Å²) in [5, 5.41) is 12.7. The van der Waals surface area contributed by atoms with E-state index >= 15 is 0 Å². The molecule has 0 saturated carbocycles. The minimum absolute atomic E-state index is 0.437. The highest BCUT2D eigenvalue weighted by atomic mass is 16.3. The van der Waals surface area contributed by atoms with Crippen molar-refractivity contribution in [3.8, 4) is 0 Å². The molecule has 3 N–H and O–H groups in total. The monoisotopic (exact) mass is 355 g/mol. The summed E-state index contributed by atoms with van der Waals surface area (Å²) in [5.41, 5.74) is 6.66. The van der Waals surface area contributed by atoms with E-state index in [0.29, 0.717) is 17.5 Å². The Morgan fingerprint density at radius 1 is 0.923 bits per heavy atom. The van der Waals surface area contributed by atoms with Gasteiger partial charge in [0.25, 0.3) is 0 Å². The van der Waals surface area contributed by atoms with Crippen LogP contribution in [0.2, 0.25) is 0 Å². The Morgan fingerprint density at radius 3 is 2.19 bits per heavy atom. The van der Waals surface area contributed by atoms with Crippen molar-refractivity contribution < 1.29 is 9.90 Å². The fourth-order valence-electron chi connectivity index (χ4n) is 3.66. The van der Waals surface area contributed by atoms with E-state index in [4.69, 9.17) is 5.73 Å². The zero-order valence-electron chi connectivity index (χ0n) is 16.0. The minimum atomic E-state index is -0.645. The Bertz CT molecular complexity index is 696. The molecule has 1 atom stereocenters. The number of benzene rings is 2. The largest absolute Gasteiger partial charge is 0.388 e. The van der Waals surface area contributed by atoms with E-state index < -0.39 is 12.0 Å². The van der Waals surface area contributed by atoms with Crippen molar-refractivity contribution in [2.24, 2.45) is 5.73 Å². The van der Waals surface area contributed by atoms with Crippen molar-refractivity contribution in [2.75, 3.05) is 0 Å². The SMILES string of the molecule is CCCCCCCCCCCC(O)c1c(C(N)=O)ccc2ccccc12. The fraction of sp³-hybridized carbons (Fsp3) is 0.522. The number of rotatable bonds is 12. The molecule has 142 valence electrons. The molecule has 26 heavy (non-hydrogen) atoms. The van der Waals surface area contributed by atoms with Crippen molar-refractivity contribution in [3.63, 3.8) is 0 Å². The van der Waals surface area contributed by atoms with Crippen LogP contribution in [0.1, 0.15) is 93.2 Å². The van der Waals surface area contributed by atoms with Gasteiger partial charge in [-0.1, -0.05) is 95.0 Å². The third-order valence-corrected chi connectivity index (χ3v) is 5.15. The number of hydrogen-bond donors (Lipinski definition) is 2. The molecular formula is C23H33NO2. The van der Waals surface area contributed by atoms with Crippen LogP contribution in [0.4, 0.5) is 0 Å². The second-order valence-corrected chi connectivity index (χ2v) is 7.25. The van der Waals surface area contributed by atoms with E-state index in [0.717, 1.165) is 23.6 Å². The molecule has 3 nitrogen and oxygen atoms in total. The molecule has 0 aliphatic rings. The van der Waals surface area contributed by atoms with Crippen molar-refractivity contribution in [1.29, 1.82) is 0 Å². The van der Waals surface area contributed by atoms with Gasteiger partial charge in [0.2, 0.25) is 5.91 Å². The molecule has 1 unspecified atom stereocenters. The molecule has 0 bridgehead atoms. The summed E-state index contributed by atoms with van der Waals surface area (Å²) in [4.78, 5) is 11.8. The van der Waals surface area contributed by atoms with Crippen LogP contribution in [0.15, 0.2) is 36.4 Å². The Morgan fingerprint density at radius 2 is 1.54 bits per heavy atom. The highest BCUT2D eigenvalue weighted by Gasteiger charge is 2.18. The van der Waals surface area contributed by atoms with Crippen LogP contribution in [-0.2, 0) is 0 Å². The molecule has 0 saturated heterocycles. The van der Waals surface area contributed by atoms with E-state index in [-0.39, 0.29) is 0 Å². The number of carbonyl (C=O) groups is 1. The molecule has 0 aliphatic carbocycles. The summed E-state index contributed by atoms with van der Waals surface area (Å²) >= 11 is 0. The summed E-state index contributed by atoms with van der Waals surface area (Å²) < 4.78 is 0. The van der Waals surface area contributed by atoms with Crippen LogP contribution < -0.4 is 5.73 Å². The minimum Gasteiger partial charge on any atom is -0.388 e. The summed E-state index contributed by atoms with van der Waals surface area (Å²) in [7, 11) is 0. The van der Waals surface area contributed by atoms with Gasteiger partial charge in [0.1, 0.15) is 0 Å². The predicted molar refractivity (Wildman–Crippen MR) is 109 cm³/mol. The quantitative estimate of drug-likeness (QED) is 0.466. The number of carbonyl (C=O) groups excluding carboxylic acids is 1. The number of amides is 1. The third-order valence-electron chi connectivity index (χ3n) is 5.15. The lowest BCUT2D eigenvalue weighted by Gasteiger charge is -2.17. The van der Waals surface area contributed by atoms with Gasteiger partial charge in [-0.15, -0.1) is 0 Å². The van der Waals surface area contributed by atoms with Crippen molar-refractivity contribution in [3.05, 3.63) is 47.5 Å². The van der Waals surface area contributed by atoms with Gasteiger partial charge in [0, 0.05) is 11.1 Å². The predicted octanol–water partition coefficient (Wildman–Crippen LogP) is 5.89. The number of primary amides is 1. The average molecular weight is 356 g/mol. The maximum atomic E-state index is 11.8. The van der Waals surface area contributed by atoms with Gasteiger partial charge in [0.15, 0.2) is 0 Å². The Kier molecular flexibility index (Phi) is 8.63. The molecular weight excluding hydrogens is 322 g/mol. The van der Waals surface area contributed by atoms with Gasteiger partial charge in [0.05, 0.1) is 6.10 Å². The van der Waals surface area contributed by atoms with Crippen LogP contribution in [-0.4, -0.2) is 11.0 Å². The van der Waals surface area contributed by atoms with E-state index in [1.807, 2.05) is 30.3 Å². The van der Waals surface area contributed by atoms with Gasteiger partial charge in [-0.2, -0.15) is 0 Å². The second-order valence-electron chi connectivity index (χ2n) is 7.25. The Balaban J connectivity index is 1.88. The molecule has 2 aromatic carbocycles. The lowest BCUT2D eigenvalue weighted by Crippen LogP contribution is -2.16. The van der Waals surface area contributed by atoms with E-state index in [2.05, 4.69) is 6.92 Å². The summed E-state index contributed by atoms with van der Waals surface area (Å²) in [6, 6.07) is 11.5. The molecule has 0 heterocycles. The highest BCUT2D eigenvalue weighted by molar-refractivity contribution is 6.00. The highest BCUT2D eigenvalue weighted by Crippen LogP contribution is 2.31. The van der Waals surface area contributed by atoms with Gasteiger partial charge < -0.3 is 10.8 Å². The molecule has 1 amide bonds. The molecule has 0 aromatic heterocycles. The summed E-state index contributed by atoms with van der Waals surface area (Å²) in [5.74, 6) is -0.475. The first-order chi connectivity index (χ1) is 12.6. The van der Waals surface area contributed by atoms with E-state index in [1.54, 1.807) is 6.07 Å². The van der Waals surface area contributed by atoms with E-state index in [9.17, 15) is 9.90 Å². The first-order valence-corrected chi connectivity index (χ1v) is 10.1. The molecule has 0 aliphatic heterocycles. The van der Waals surface area contributed by atoms with Crippen LogP contribution in [0.25, 0.3) is 10.8 Å². The lowest BCUT2D eigenvalue weighted by atomic mass is 9.92. The standard InChI is InChI=1S/C23H33NO2/c1-2-3-4-5-6-7-8-9-10-15-21(25)22-19-14-12-11-13-18(19)16-17-20(22)23(24)26/h11-14,16-17,21,25H,2-10,15H2,1H3,(H2,24,26). The zero-order chi connectivity index (χ0) is 18.8. The summed E-state index contributed by atoms with van der Waals surface area (Å²) in [6.07, 6.45) is 11.3. The van der Waals surface area contributed by atoms with E-state index in [1.165, 1.54) is 44.9 Å². The lowest BCUT2D eigenvalue weighted by molar-refractivity contribution is 0.0991. The molecule has 0 fully saturated rings. The molecule has 0 spiro atoms. The number of aliphatic hydroxyl groups excluding tert-OH is 1. The van der Waals surface area contributed by atoms with Gasteiger partial charge in [-0.3, -0.25) is 4.79 Å². The number of hydrogen-bond acceptors (Lipinski definition) is 2. The maximum Gasteiger partial charge on any atom is 0.249 e. The van der Waals surface area contributed by atoms with Crippen LogP contribution in [0.3, 0.4) is 0 Å². The number of aliphatic hydroxyl groups is 1. The molecule has 3 heteroatoms. The maximum absolute atomic E-state index is 11.8. The summed E-state index contributed by atoms with van der Waals surface area (Å²) in [6.45, 7) is 2.24. The second kappa shape index (κ2) is 11.0. The van der Waals surface area contributed by atoms with Crippen molar-refractivity contribution in [1.82, 2.24) is 0 Å². The smallest absolute Gasteiger partial charge is 0.249 e. The number of nitrogens with two attached hydrogens (primary N) is 1. The van der Waals surface area contributed by atoms with Crippen molar-refractivity contribution in [2.45, 2.75) is 77.2 Å².